The Morgan fingerprint density at radius 3 is 2.74 bits per heavy atom. The Morgan fingerprint density at radius 1 is 1.00 bits per heavy atom. The maximum absolute atomic E-state index is 8.83. The van der Waals surface area contributed by atoms with Crippen LogP contribution in [-0.2, 0) is 0 Å². The first kappa shape index (κ1) is 11.2. The molecule has 0 radical (unpaired) electrons. The van der Waals surface area contributed by atoms with Crippen molar-refractivity contribution in [3.8, 4) is 6.07 Å². The number of fused-ring (bicyclic) bond motifs is 1. The molecule has 4 heteroatoms. The highest BCUT2D eigenvalue weighted by Crippen LogP contribution is 2.24. The Bertz CT molecular complexity index is 769. The van der Waals surface area contributed by atoms with Crippen LogP contribution in [0.4, 0.5) is 11.6 Å². The topological polar surface area (TPSA) is 61.6 Å². The average Bonchev–Trinajstić information content (AvgIpc) is 2.48. The number of rotatable bonds is 2. The quantitative estimate of drug-likeness (QED) is 0.754. The summed E-state index contributed by atoms with van der Waals surface area (Å²) in [7, 11) is 0. The zero-order valence-corrected chi connectivity index (χ0v) is 10.0. The van der Waals surface area contributed by atoms with Crippen molar-refractivity contribution >= 4 is 22.4 Å². The molecule has 0 aliphatic carbocycles. The summed E-state index contributed by atoms with van der Waals surface area (Å²) in [6.07, 6.45) is 1.57. The molecule has 0 saturated carbocycles. The lowest BCUT2D eigenvalue weighted by Crippen LogP contribution is -1.98. The van der Waals surface area contributed by atoms with Gasteiger partial charge in [-0.15, -0.1) is 0 Å². The van der Waals surface area contributed by atoms with Gasteiger partial charge in [0.1, 0.15) is 11.8 Å². The largest absolute Gasteiger partial charge is 0.324 e. The van der Waals surface area contributed by atoms with Crippen LogP contribution in [0.15, 0.2) is 54.7 Å². The highest BCUT2D eigenvalue weighted by atomic mass is 15.1. The second kappa shape index (κ2) is 4.75. The molecule has 3 rings (SSSR count). The highest BCUT2D eigenvalue weighted by molar-refractivity contribution is 5.94. The summed E-state index contributed by atoms with van der Waals surface area (Å²) < 4.78 is 0. The second-order valence-corrected chi connectivity index (χ2v) is 4.03. The summed E-state index contributed by atoms with van der Waals surface area (Å²) in [6, 6.07) is 17.6. The van der Waals surface area contributed by atoms with Gasteiger partial charge in [-0.1, -0.05) is 36.4 Å². The minimum atomic E-state index is 0.345. The highest BCUT2D eigenvalue weighted by Gasteiger charge is 2.03. The van der Waals surface area contributed by atoms with Gasteiger partial charge in [0.15, 0.2) is 0 Å². The van der Waals surface area contributed by atoms with E-state index >= 15 is 0 Å². The first-order valence-electron chi connectivity index (χ1n) is 5.85. The predicted octanol–water partition coefficient (Wildman–Crippen LogP) is 3.25. The standard InChI is InChI=1S/C15H10N4/c16-10-12-8-9-17-15(18-12)19-14-7-3-5-11-4-1-2-6-13(11)14/h1-9H,(H,17,18,19). The number of nitrogens with zero attached hydrogens (tertiary/aromatic N) is 3. The van der Waals surface area contributed by atoms with Crippen molar-refractivity contribution < 1.29 is 0 Å². The van der Waals surface area contributed by atoms with Crippen LogP contribution in [0.2, 0.25) is 0 Å². The van der Waals surface area contributed by atoms with Gasteiger partial charge in [-0.05, 0) is 17.5 Å². The fraction of sp³-hybridized carbons (Fsp3) is 0. The number of hydrogen-bond acceptors (Lipinski definition) is 4. The van der Waals surface area contributed by atoms with Crippen molar-refractivity contribution in [3.63, 3.8) is 0 Å². The smallest absolute Gasteiger partial charge is 0.228 e. The summed E-state index contributed by atoms with van der Waals surface area (Å²) >= 11 is 0. The molecule has 0 bridgehead atoms. The van der Waals surface area contributed by atoms with E-state index in [1.807, 2.05) is 48.5 Å². The predicted molar refractivity (Wildman–Crippen MR) is 74.0 cm³/mol. The molecule has 2 aromatic carbocycles. The molecule has 3 aromatic rings. The van der Waals surface area contributed by atoms with Crippen molar-refractivity contribution in [2.75, 3.05) is 5.32 Å². The van der Waals surface area contributed by atoms with E-state index in [0.29, 0.717) is 11.6 Å². The van der Waals surface area contributed by atoms with Crippen molar-refractivity contribution in [3.05, 3.63) is 60.4 Å². The number of nitrogens with one attached hydrogen (secondary N) is 1. The molecule has 1 aromatic heterocycles. The van der Waals surface area contributed by atoms with Gasteiger partial charge < -0.3 is 5.32 Å². The van der Waals surface area contributed by atoms with Gasteiger partial charge in [-0.25, -0.2) is 9.97 Å². The van der Waals surface area contributed by atoms with E-state index in [-0.39, 0.29) is 0 Å². The molecule has 0 saturated heterocycles. The van der Waals surface area contributed by atoms with E-state index in [2.05, 4.69) is 15.3 Å². The third-order valence-electron chi connectivity index (χ3n) is 2.81. The van der Waals surface area contributed by atoms with E-state index in [1.54, 1.807) is 12.3 Å². The van der Waals surface area contributed by atoms with E-state index in [1.165, 1.54) is 0 Å². The average molecular weight is 246 g/mol. The van der Waals surface area contributed by atoms with Crippen molar-refractivity contribution in [2.45, 2.75) is 0 Å². The van der Waals surface area contributed by atoms with Crippen molar-refractivity contribution in [1.29, 1.82) is 5.26 Å². The molecule has 0 unspecified atom stereocenters. The summed E-state index contributed by atoms with van der Waals surface area (Å²) in [5.41, 5.74) is 1.27. The van der Waals surface area contributed by atoms with Gasteiger partial charge in [0.25, 0.3) is 0 Å². The van der Waals surface area contributed by atoms with Gasteiger partial charge in [-0.3, -0.25) is 0 Å². The van der Waals surface area contributed by atoms with E-state index in [9.17, 15) is 0 Å². The number of anilines is 2. The first-order chi connectivity index (χ1) is 9.36. The summed E-state index contributed by atoms with van der Waals surface area (Å²) in [6.45, 7) is 0. The van der Waals surface area contributed by atoms with Crippen LogP contribution in [0.3, 0.4) is 0 Å². The minimum Gasteiger partial charge on any atom is -0.324 e. The lowest BCUT2D eigenvalue weighted by Gasteiger charge is -2.08. The Hall–Kier alpha value is -2.93. The van der Waals surface area contributed by atoms with Crippen LogP contribution in [0, 0.1) is 11.3 Å². The van der Waals surface area contributed by atoms with E-state index in [4.69, 9.17) is 5.26 Å². The molecule has 1 N–H and O–H groups in total. The Balaban J connectivity index is 2.04. The molecule has 0 atom stereocenters. The molecule has 0 aliphatic rings. The summed E-state index contributed by atoms with van der Waals surface area (Å²) in [4.78, 5) is 8.23. The van der Waals surface area contributed by atoms with Crippen LogP contribution < -0.4 is 5.32 Å². The Kier molecular flexibility index (Phi) is 2.79. The monoisotopic (exact) mass is 246 g/mol. The SMILES string of the molecule is N#Cc1ccnc(Nc2cccc3ccccc23)n1. The number of nitriles is 1. The second-order valence-electron chi connectivity index (χ2n) is 4.03. The Labute approximate surface area is 110 Å². The molecule has 90 valence electrons. The van der Waals surface area contributed by atoms with Crippen LogP contribution in [0.5, 0.6) is 0 Å². The van der Waals surface area contributed by atoms with Crippen molar-refractivity contribution in [1.82, 2.24) is 9.97 Å². The molecule has 1 heterocycles. The first-order valence-corrected chi connectivity index (χ1v) is 5.85. The van der Waals surface area contributed by atoms with Crippen LogP contribution in [-0.4, -0.2) is 9.97 Å². The summed E-state index contributed by atoms with van der Waals surface area (Å²) in [5.74, 6) is 0.426. The molecule has 0 amide bonds. The van der Waals surface area contributed by atoms with Crippen LogP contribution >= 0.6 is 0 Å². The normalized spacial score (nSPS) is 10.1. The minimum absolute atomic E-state index is 0.345. The number of benzene rings is 2. The molecular formula is C15H10N4. The van der Waals surface area contributed by atoms with Gasteiger partial charge in [0, 0.05) is 17.3 Å². The lowest BCUT2D eigenvalue weighted by molar-refractivity contribution is 1.14. The van der Waals surface area contributed by atoms with Crippen LogP contribution in [0.25, 0.3) is 10.8 Å². The third kappa shape index (κ3) is 2.22. The van der Waals surface area contributed by atoms with Crippen LogP contribution in [0.1, 0.15) is 5.69 Å². The maximum atomic E-state index is 8.83. The zero-order valence-electron chi connectivity index (χ0n) is 10.0. The fourth-order valence-corrected chi connectivity index (χ4v) is 1.94. The van der Waals surface area contributed by atoms with Crippen molar-refractivity contribution in [2.24, 2.45) is 0 Å². The molecule has 19 heavy (non-hydrogen) atoms. The van der Waals surface area contributed by atoms with Gasteiger partial charge >= 0.3 is 0 Å². The molecular weight excluding hydrogens is 236 g/mol. The zero-order chi connectivity index (χ0) is 13.1. The lowest BCUT2D eigenvalue weighted by atomic mass is 10.1. The summed E-state index contributed by atoms with van der Waals surface area (Å²) in [5, 5.41) is 14.2. The molecule has 0 spiro atoms. The van der Waals surface area contributed by atoms with Gasteiger partial charge in [0.2, 0.25) is 5.95 Å². The Morgan fingerprint density at radius 2 is 1.84 bits per heavy atom. The maximum Gasteiger partial charge on any atom is 0.228 e. The molecule has 0 fully saturated rings. The molecule has 4 nitrogen and oxygen atoms in total. The van der Waals surface area contributed by atoms with E-state index < -0.39 is 0 Å². The van der Waals surface area contributed by atoms with Gasteiger partial charge in [0.05, 0.1) is 0 Å². The number of aromatic nitrogens is 2. The fourth-order valence-electron chi connectivity index (χ4n) is 1.94. The molecule has 0 aliphatic heterocycles. The van der Waals surface area contributed by atoms with E-state index in [0.717, 1.165) is 16.5 Å². The third-order valence-corrected chi connectivity index (χ3v) is 2.81. The number of hydrogen-bond donors (Lipinski definition) is 1. The van der Waals surface area contributed by atoms with Gasteiger partial charge in [-0.2, -0.15) is 5.26 Å².